The Hall–Kier alpha value is -3.68. The Labute approximate surface area is 173 Å². The van der Waals surface area contributed by atoms with E-state index in [1.54, 1.807) is 37.4 Å². The standard InChI is InChI=1S/C22H23N3O5/c1-29-16-11-9-15(10-12-16)13-23-20(26)14-30-21(27)8-4-7-19-24-18-6-3-2-5-17(18)22(28)25-19/h2-3,5-6,9-12H,4,7-8,13-14H2,1H3,(H,23,26)(H,24,25,28). The smallest absolute Gasteiger partial charge is 0.306 e. The maximum absolute atomic E-state index is 12.0. The van der Waals surface area contributed by atoms with Gasteiger partial charge in [0.2, 0.25) is 0 Å². The van der Waals surface area contributed by atoms with E-state index in [4.69, 9.17) is 9.47 Å². The van der Waals surface area contributed by atoms with Gasteiger partial charge in [0.05, 0.1) is 18.0 Å². The Kier molecular flexibility index (Phi) is 7.15. The molecule has 0 atom stereocenters. The van der Waals surface area contributed by atoms with Crippen LogP contribution in [0.1, 0.15) is 24.2 Å². The first kappa shape index (κ1) is 21.0. The molecule has 1 aromatic heterocycles. The first-order chi connectivity index (χ1) is 14.5. The van der Waals surface area contributed by atoms with Crippen molar-refractivity contribution in [2.45, 2.75) is 25.8 Å². The summed E-state index contributed by atoms with van der Waals surface area (Å²) in [4.78, 5) is 42.8. The normalized spacial score (nSPS) is 10.6. The number of hydrogen-bond donors (Lipinski definition) is 2. The topological polar surface area (TPSA) is 110 Å². The van der Waals surface area contributed by atoms with E-state index >= 15 is 0 Å². The van der Waals surface area contributed by atoms with Crippen molar-refractivity contribution in [3.63, 3.8) is 0 Å². The molecule has 156 valence electrons. The zero-order chi connectivity index (χ0) is 21.3. The van der Waals surface area contributed by atoms with Crippen LogP contribution in [0.5, 0.6) is 5.75 Å². The lowest BCUT2D eigenvalue weighted by atomic mass is 10.2. The number of carbonyl (C=O) groups excluding carboxylic acids is 2. The van der Waals surface area contributed by atoms with Crippen molar-refractivity contribution in [1.29, 1.82) is 0 Å². The third-order valence-electron chi connectivity index (χ3n) is 4.47. The predicted molar refractivity (Wildman–Crippen MR) is 111 cm³/mol. The van der Waals surface area contributed by atoms with Gasteiger partial charge in [-0.2, -0.15) is 0 Å². The van der Waals surface area contributed by atoms with Crippen molar-refractivity contribution >= 4 is 22.8 Å². The van der Waals surface area contributed by atoms with Gasteiger partial charge in [0.1, 0.15) is 11.6 Å². The minimum absolute atomic E-state index is 0.127. The number of H-pyrrole nitrogens is 1. The number of aromatic amines is 1. The first-order valence-corrected chi connectivity index (χ1v) is 9.58. The van der Waals surface area contributed by atoms with Gasteiger partial charge in [0.25, 0.3) is 11.5 Å². The molecule has 0 fully saturated rings. The maximum Gasteiger partial charge on any atom is 0.306 e. The molecule has 0 radical (unpaired) electrons. The molecule has 1 heterocycles. The number of esters is 1. The summed E-state index contributed by atoms with van der Waals surface area (Å²) in [5.41, 5.74) is 1.33. The fourth-order valence-electron chi connectivity index (χ4n) is 2.87. The van der Waals surface area contributed by atoms with Crippen molar-refractivity contribution in [2.24, 2.45) is 0 Å². The molecule has 0 saturated carbocycles. The second-order valence-electron chi connectivity index (χ2n) is 6.67. The summed E-state index contributed by atoms with van der Waals surface area (Å²) in [6.07, 6.45) is 1.01. The predicted octanol–water partition coefficient (Wildman–Crippen LogP) is 2.11. The SMILES string of the molecule is COc1ccc(CNC(=O)COC(=O)CCCc2nc3ccccc3c(=O)[nH]2)cc1. The Balaban J connectivity index is 1.37. The van der Waals surface area contributed by atoms with Crippen molar-refractivity contribution < 1.29 is 19.1 Å². The highest BCUT2D eigenvalue weighted by Gasteiger charge is 2.09. The average molecular weight is 409 g/mol. The highest BCUT2D eigenvalue weighted by Crippen LogP contribution is 2.11. The van der Waals surface area contributed by atoms with Gasteiger partial charge < -0.3 is 19.8 Å². The molecule has 0 aliphatic heterocycles. The molecule has 0 unspecified atom stereocenters. The maximum atomic E-state index is 12.0. The lowest BCUT2D eigenvalue weighted by Gasteiger charge is -2.07. The minimum atomic E-state index is -0.474. The number of methoxy groups -OCH3 is 1. The van der Waals surface area contributed by atoms with Gasteiger partial charge in [-0.3, -0.25) is 14.4 Å². The number of benzene rings is 2. The lowest BCUT2D eigenvalue weighted by molar-refractivity contribution is -0.148. The number of aromatic nitrogens is 2. The molecular weight excluding hydrogens is 386 g/mol. The Morgan fingerprint density at radius 2 is 1.87 bits per heavy atom. The minimum Gasteiger partial charge on any atom is -0.497 e. The van der Waals surface area contributed by atoms with Crippen LogP contribution in [0.2, 0.25) is 0 Å². The number of para-hydroxylation sites is 1. The summed E-state index contributed by atoms with van der Waals surface area (Å²) in [5.74, 6) is 0.406. The van der Waals surface area contributed by atoms with Crippen LogP contribution >= 0.6 is 0 Å². The van der Waals surface area contributed by atoms with Crippen molar-refractivity contribution in [3.8, 4) is 5.75 Å². The van der Waals surface area contributed by atoms with Crippen LogP contribution < -0.4 is 15.6 Å². The molecule has 8 heteroatoms. The van der Waals surface area contributed by atoms with Crippen LogP contribution in [0.15, 0.2) is 53.3 Å². The molecule has 0 bridgehead atoms. The van der Waals surface area contributed by atoms with E-state index in [0.29, 0.717) is 36.1 Å². The number of carbonyl (C=O) groups is 2. The molecule has 0 aliphatic rings. The highest BCUT2D eigenvalue weighted by molar-refractivity contribution is 5.80. The molecule has 3 rings (SSSR count). The number of amides is 1. The number of nitrogens with one attached hydrogen (secondary N) is 2. The second kappa shape index (κ2) is 10.2. The van der Waals surface area contributed by atoms with Crippen LogP contribution in [-0.4, -0.2) is 35.6 Å². The number of fused-ring (bicyclic) bond motifs is 1. The van der Waals surface area contributed by atoms with Gasteiger partial charge in [-0.25, -0.2) is 4.98 Å². The number of nitrogens with zero attached hydrogens (tertiary/aromatic N) is 1. The zero-order valence-corrected chi connectivity index (χ0v) is 16.6. The van der Waals surface area contributed by atoms with E-state index in [2.05, 4.69) is 15.3 Å². The lowest BCUT2D eigenvalue weighted by Crippen LogP contribution is -2.28. The Morgan fingerprint density at radius 3 is 2.63 bits per heavy atom. The molecule has 8 nitrogen and oxygen atoms in total. The summed E-state index contributed by atoms with van der Waals surface area (Å²) in [6, 6.07) is 14.4. The van der Waals surface area contributed by atoms with Gasteiger partial charge in [0, 0.05) is 19.4 Å². The molecule has 1 amide bonds. The molecular formula is C22H23N3O5. The molecule has 3 aromatic rings. The van der Waals surface area contributed by atoms with E-state index in [-0.39, 0.29) is 24.5 Å². The van der Waals surface area contributed by atoms with Gasteiger partial charge in [-0.05, 0) is 36.2 Å². The van der Waals surface area contributed by atoms with Crippen molar-refractivity contribution in [3.05, 3.63) is 70.3 Å². The van der Waals surface area contributed by atoms with Crippen LogP contribution in [0, 0.1) is 0 Å². The van der Waals surface area contributed by atoms with E-state index < -0.39 is 5.97 Å². The van der Waals surface area contributed by atoms with Crippen molar-refractivity contribution in [2.75, 3.05) is 13.7 Å². The molecule has 0 saturated heterocycles. The Bertz CT molecular complexity index is 1080. The fraction of sp³-hybridized carbons (Fsp3) is 0.273. The largest absolute Gasteiger partial charge is 0.497 e. The molecule has 30 heavy (non-hydrogen) atoms. The summed E-state index contributed by atoms with van der Waals surface area (Å²) >= 11 is 0. The number of aryl methyl sites for hydroxylation is 1. The molecule has 2 N–H and O–H groups in total. The van der Waals surface area contributed by atoms with Crippen LogP contribution in [-0.2, 0) is 27.3 Å². The van der Waals surface area contributed by atoms with Crippen molar-refractivity contribution in [1.82, 2.24) is 15.3 Å². The quantitative estimate of drug-likeness (QED) is 0.524. The number of ether oxygens (including phenoxy) is 2. The van der Waals surface area contributed by atoms with Gasteiger partial charge in [0.15, 0.2) is 6.61 Å². The molecule has 0 spiro atoms. The van der Waals surface area contributed by atoms with E-state index in [9.17, 15) is 14.4 Å². The van der Waals surface area contributed by atoms with Crippen LogP contribution in [0.25, 0.3) is 10.9 Å². The monoisotopic (exact) mass is 409 g/mol. The first-order valence-electron chi connectivity index (χ1n) is 9.58. The fourth-order valence-corrected chi connectivity index (χ4v) is 2.87. The third-order valence-corrected chi connectivity index (χ3v) is 4.47. The molecule has 0 aliphatic carbocycles. The van der Waals surface area contributed by atoms with E-state index in [0.717, 1.165) is 11.3 Å². The average Bonchev–Trinajstić information content (AvgIpc) is 2.76. The Morgan fingerprint density at radius 1 is 1.10 bits per heavy atom. The molecule has 2 aromatic carbocycles. The summed E-state index contributed by atoms with van der Waals surface area (Å²) in [5, 5.41) is 3.22. The second-order valence-corrected chi connectivity index (χ2v) is 6.67. The number of hydrogen-bond acceptors (Lipinski definition) is 6. The highest BCUT2D eigenvalue weighted by atomic mass is 16.5. The summed E-state index contributed by atoms with van der Waals surface area (Å²) in [7, 11) is 1.59. The van der Waals surface area contributed by atoms with Gasteiger partial charge >= 0.3 is 5.97 Å². The van der Waals surface area contributed by atoms with Crippen LogP contribution in [0.4, 0.5) is 0 Å². The van der Waals surface area contributed by atoms with E-state index in [1.165, 1.54) is 0 Å². The van der Waals surface area contributed by atoms with E-state index in [1.807, 2.05) is 18.2 Å². The summed E-state index contributed by atoms with van der Waals surface area (Å²) < 4.78 is 10.1. The van der Waals surface area contributed by atoms with Gasteiger partial charge in [-0.15, -0.1) is 0 Å². The third kappa shape index (κ3) is 5.91. The zero-order valence-electron chi connectivity index (χ0n) is 16.6. The summed E-state index contributed by atoms with van der Waals surface area (Å²) in [6.45, 7) is 0.00141. The number of rotatable bonds is 9. The van der Waals surface area contributed by atoms with Crippen LogP contribution in [0.3, 0.4) is 0 Å². The van der Waals surface area contributed by atoms with Gasteiger partial charge in [-0.1, -0.05) is 24.3 Å².